The number of para-hydroxylation sites is 1. The summed E-state index contributed by atoms with van der Waals surface area (Å²) in [6.45, 7) is 14.3. The van der Waals surface area contributed by atoms with Gasteiger partial charge in [-0.15, -0.1) is 5.10 Å². The molecular weight excluding hydrogens is 372 g/mol. The SMILES string of the molecule is CC.CC.CC.CC=O.CN1Cc2ccccc2-c2nnn(C)c2-c2ccccc21. The number of anilines is 1. The van der Waals surface area contributed by atoms with E-state index in [1.165, 1.54) is 29.3 Å². The molecule has 0 aliphatic carbocycles. The number of nitrogens with zero attached hydrogens (tertiary/aromatic N) is 4. The van der Waals surface area contributed by atoms with Crippen molar-refractivity contribution in [3.05, 3.63) is 54.1 Å². The Morgan fingerprint density at radius 2 is 1.33 bits per heavy atom. The fourth-order valence-corrected chi connectivity index (χ4v) is 3.08. The quantitative estimate of drug-likeness (QED) is 0.403. The molecule has 1 aliphatic rings. The second kappa shape index (κ2) is 15.0. The maximum atomic E-state index is 8.81. The van der Waals surface area contributed by atoms with Gasteiger partial charge in [-0.3, -0.25) is 0 Å². The van der Waals surface area contributed by atoms with Crippen molar-refractivity contribution in [3.63, 3.8) is 0 Å². The van der Waals surface area contributed by atoms with E-state index in [1.807, 2.05) is 53.3 Å². The van der Waals surface area contributed by atoms with Crippen LogP contribution in [-0.4, -0.2) is 28.3 Å². The van der Waals surface area contributed by atoms with Crippen molar-refractivity contribution >= 4 is 12.0 Å². The van der Waals surface area contributed by atoms with E-state index in [1.54, 1.807) is 0 Å². The van der Waals surface area contributed by atoms with Crippen molar-refractivity contribution in [3.8, 4) is 22.5 Å². The minimum Gasteiger partial charge on any atom is -0.370 e. The van der Waals surface area contributed by atoms with Gasteiger partial charge in [0.1, 0.15) is 12.0 Å². The molecule has 1 aromatic heterocycles. The number of rotatable bonds is 0. The van der Waals surface area contributed by atoms with E-state index in [2.05, 4.69) is 70.8 Å². The number of aromatic nitrogens is 3. The number of benzene rings is 2. The molecule has 5 heteroatoms. The summed E-state index contributed by atoms with van der Waals surface area (Å²) in [6, 6.07) is 16.9. The molecule has 0 atom stereocenters. The lowest BCUT2D eigenvalue weighted by Crippen LogP contribution is -2.19. The highest BCUT2D eigenvalue weighted by atomic mass is 16.1. The highest BCUT2D eigenvalue weighted by Gasteiger charge is 2.23. The Bertz CT molecular complexity index is 871. The van der Waals surface area contributed by atoms with Gasteiger partial charge in [-0.05, 0) is 18.6 Å². The van der Waals surface area contributed by atoms with Crippen LogP contribution >= 0.6 is 0 Å². The van der Waals surface area contributed by atoms with E-state index in [9.17, 15) is 0 Å². The average molecular weight is 411 g/mol. The normalized spacial score (nSPS) is 10.1. The number of carbonyl (C=O) groups excluding carboxylic acids is 1. The van der Waals surface area contributed by atoms with Crippen molar-refractivity contribution < 1.29 is 4.79 Å². The fourth-order valence-electron chi connectivity index (χ4n) is 3.08. The number of aryl methyl sites for hydroxylation is 1. The summed E-state index contributed by atoms with van der Waals surface area (Å²) >= 11 is 0. The molecule has 5 nitrogen and oxygen atoms in total. The zero-order valence-corrected chi connectivity index (χ0v) is 20.1. The minimum absolute atomic E-state index is 0.750. The number of hydrogen-bond acceptors (Lipinski definition) is 4. The van der Waals surface area contributed by atoms with Crippen molar-refractivity contribution in [2.45, 2.75) is 55.0 Å². The molecule has 0 fully saturated rings. The topological polar surface area (TPSA) is 51.0 Å². The lowest BCUT2D eigenvalue weighted by Gasteiger charge is -2.26. The summed E-state index contributed by atoms with van der Waals surface area (Å²) in [6.07, 6.45) is 0.750. The van der Waals surface area contributed by atoms with Gasteiger partial charge in [0.2, 0.25) is 0 Å². The predicted octanol–water partition coefficient (Wildman–Crippen LogP) is 6.38. The van der Waals surface area contributed by atoms with Crippen LogP contribution in [0.25, 0.3) is 22.5 Å². The Morgan fingerprint density at radius 1 is 0.833 bits per heavy atom. The van der Waals surface area contributed by atoms with E-state index in [0.717, 1.165) is 24.2 Å². The third kappa shape index (κ3) is 6.28. The van der Waals surface area contributed by atoms with Gasteiger partial charge in [0.05, 0.1) is 5.69 Å². The van der Waals surface area contributed by atoms with E-state index in [0.29, 0.717) is 0 Å². The van der Waals surface area contributed by atoms with Crippen molar-refractivity contribution in [1.29, 1.82) is 0 Å². The molecule has 0 amide bonds. The molecule has 0 unspecified atom stereocenters. The van der Waals surface area contributed by atoms with E-state index >= 15 is 0 Å². The fraction of sp³-hybridized carbons (Fsp3) is 0.400. The zero-order chi connectivity index (χ0) is 23.1. The third-order valence-electron chi connectivity index (χ3n) is 4.08. The molecule has 0 bridgehead atoms. The van der Waals surface area contributed by atoms with Crippen LogP contribution in [-0.2, 0) is 18.4 Å². The second-order valence-electron chi connectivity index (χ2n) is 5.68. The maximum absolute atomic E-state index is 8.81. The standard InChI is InChI=1S/C17H16N4.C2H4O.3C2H6/c1-20-11-12-7-3-4-8-13(12)16-17(21(2)19-18-16)14-9-5-6-10-15(14)20;1-2-3;3*1-2/h3-10H,11H2,1-2H3;2H,1H3;3*1-2H3. The van der Waals surface area contributed by atoms with Gasteiger partial charge in [0.25, 0.3) is 0 Å². The summed E-state index contributed by atoms with van der Waals surface area (Å²) in [7, 11) is 4.08. The van der Waals surface area contributed by atoms with Crippen molar-refractivity contribution in [2.75, 3.05) is 11.9 Å². The summed E-state index contributed by atoms with van der Waals surface area (Å²) in [4.78, 5) is 11.1. The Kier molecular flexibility index (Phi) is 13.5. The van der Waals surface area contributed by atoms with Gasteiger partial charge >= 0.3 is 0 Å². The van der Waals surface area contributed by atoms with E-state index in [4.69, 9.17) is 4.79 Å². The zero-order valence-electron chi connectivity index (χ0n) is 20.1. The van der Waals surface area contributed by atoms with Crippen LogP contribution in [0.5, 0.6) is 0 Å². The highest BCUT2D eigenvalue weighted by molar-refractivity contribution is 5.87. The van der Waals surface area contributed by atoms with Gasteiger partial charge in [-0.25, -0.2) is 4.68 Å². The van der Waals surface area contributed by atoms with Gasteiger partial charge in [0, 0.05) is 37.5 Å². The number of fused-ring (bicyclic) bond motifs is 5. The summed E-state index contributed by atoms with van der Waals surface area (Å²) in [5, 5.41) is 8.67. The molecule has 0 N–H and O–H groups in total. The van der Waals surface area contributed by atoms with Gasteiger partial charge < -0.3 is 9.69 Å². The lowest BCUT2D eigenvalue weighted by atomic mass is 9.96. The Morgan fingerprint density at radius 3 is 1.93 bits per heavy atom. The first-order valence-corrected chi connectivity index (χ1v) is 10.9. The summed E-state index contributed by atoms with van der Waals surface area (Å²) in [5.74, 6) is 0. The molecule has 2 aromatic carbocycles. The molecule has 0 spiro atoms. The minimum atomic E-state index is 0.750. The smallest absolute Gasteiger partial charge is 0.121 e. The van der Waals surface area contributed by atoms with Crippen LogP contribution in [0.4, 0.5) is 5.69 Å². The van der Waals surface area contributed by atoms with Crippen LogP contribution < -0.4 is 4.90 Å². The van der Waals surface area contributed by atoms with Crippen molar-refractivity contribution in [1.82, 2.24) is 15.0 Å². The first-order valence-electron chi connectivity index (χ1n) is 10.9. The molecule has 0 saturated heterocycles. The summed E-state index contributed by atoms with van der Waals surface area (Å²) in [5.41, 5.74) is 6.87. The first kappa shape index (κ1) is 27.0. The molecule has 4 rings (SSSR count). The molecule has 3 aromatic rings. The van der Waals surface area contributed by atoms with Gasteiger partial charge in [0.15, 0.2) is 0 Å². The molecule has 1 aliphatic heterocycles. The Balaban J connectivity index is 0.000000826. The predicted molar refractivity (Wildman–Crippen MR) is 130 cm³/mol. The maximum Gasteiger partial charge on any atom is 0.121 e. The average Bonchev–Trinajstić information content (AvgIpc) is 3.18. The van der Waals surface area contributed by atoms with Crippen molar-refractivity contribution in [2.24, 2.45) is 7.05 Å². The number of carbonyl (C=O) groups is 1. The third-order valence-corrected chi connectivity index (χ3v) is 4.08. The first-order chi connectivity index (χ1) is 14.7. The molecule has 0 saturated carbocycles. The summed E-state index contributed by atoms with van der Waals surface area (Å²) < 4.78 is 1.87. The molecule has 30 heavy (non-hydrogen) atoms. The molecule has 164 valence electrons. The highest BCUT2D eigenvalue weighted by Crippen LogP contribution is 2.39. The van der Waals surface area contributed by atoms with Gasteiger partial charge in [-0.2, -0.15) is 0 Å². The van der Waals surface area contributed by atoms with Gasteiger partial charge in [-0.1, -0.05) is 89.2 Å². The van der Waals surface area contributed by atoms with Crippen LogP contribution in [0.1, 0.15) is 54.0 Å². The van der Waals surface area contributed by atoms with Crippen LogP contribution in [0, 0.1) is 0 Å². The molecule has 0 radical (unpaired) electrons. The molecule has 2 heterocycles. The van der Waals surface area contributed by atoms with Crippen LogP contribution in [0.15, 0.2) is 48.5 Å². The monoisotopic (exact) mass is 410 g/mol. The Labute approximate surface area is 182 Å². The van der Waals surface area contributed by atoms with Crippen LogP contribution in [0.2, 0.25) is 0 Å². The second-order valence-corrected chi connectivity index (χ2v) is 5.68. The number of aldehydes is 1. The Hall–Kier alpha value is -2.95. The molecular formula is C25H38N4O. The largest absolute Gasteiger partial charge is 0.370 e. The lowest BCUT2D eigenvalue weighted by molar-refractivity contribution is -0.106. The van der Waals surface area contributed by atoms with E-state index < -0.39 is 0 Å². The number of hydrogen-bond donors (Lipinski definition) is 0. The van der Waals surface area contributed by atoms with E-state index in [-0.39, 0.29) is 0 Å². The van der Waals surface area contributed by atoms with Crippen LogP contribution in [0.3, 0.4) is 0 Å².